The van der Waals surface area contributed by atoms with Crippen LogP contribution in [0.3, 0.4) is 0 Å². The molecule has 170 valence electrons. The molecular formula is C25H38N4O2. The summed E-state index contributed by atoms with van der Waals surface area (Å²) in [4.78, 5) is 31.8. The van der Waals surface area contributed by atoms with E-state index in [4.69, 9.17) is 4.98 Å². The van der Waals surface area contributed by atoms with Crippen molar-refractivity contribution < 1.29 is 9.59 Å². The van der Waals surface area contributed by atoms with E-state index >= 15 is 0 Å². The minimum atomic E-state index is -0.342. The highest BCUT2D eigenvalue weighted by atomic mass is 16.2. The van der Waals surface area contributed by atoms with Gasteiger partial charge in [0, 0.05) is 31.5 Å². The number of rotatable bonds is 8. The summed E-state index contributed by atoms with van der Waals surface area (Å²) in [5.41, 5.74) is 1.65. The number of unbranched alkanes of at least 4 members (excludes halogenated alkanes) is 2. The lowest BCUT2D eigenvalue weighted by molar-refractivity contribution is -0.131. The van der Waals surface area contributed by atoms with Crippen LogP contribution in [0.25, 0.3) is 11.0 Å². The molecule has 2 heterocycles. The van der Waals surface area contributed by atoms with Crippen molar-refractivity contribution in [1.29, 1.82) is 0 Å². The van der Waals surface area contributed by atoms with Gasteiger partial charge in [0.1, 0.15) is 12.4 Å². The topological polar surface area (TPSA) is 67.2 Å². The lowest BCUT2D eigenvalue weighted by atomic mass is 9.96. The molecule has 0 aliphatic carbocycles. The smallest absolute Gasteiger partial charge is 0.242 e. The molecule has 0 spiro atoms. The van der Waals surface area contributed by atoms with Gasteiger partial charge >= 0.3 is 0 Å². The number of fused-ring (bicyclic) bond motifs is 1. The van der Waals surface area contributed by atoms with Crippen molar-refractivity contribution >= 4 is 22.8 Å². The SMILES string of the molecule is CC(C)(C)C(=O)NCCCCCc1nc2ccccc2n1CC(=O)N1CCCCCC1. The van der Waals surface area contributed by atoms with Gasteiger partial charge in [0.25, 0.3) is 0 Å². The first-order valence-corrected chi connectivity index (χ1v) is 11.9. The van der Waals surface area contributed by atoms with Gasteiger partial charge in [-0.1, -0.05) is 52.2 Å². The zero-order valence-electron chi connectivity index (χ0n) is 19.5. The van der Waals surface area contributed by atoms with E-state index < -0.39 is 0 Å². The van der Waals surface area contributed by atoms with Crippen molar-refractivity contribution in [2.75, 3.05) is 19.6 Å². The standard InChI is InChI=1S/C25H38N4O2/c1-25(2,3)24(31)26-16-10-6-7-15-22-27-20-13-8-9-14-21(20)29(22)19-23(30)28-17-11-4-5-12-18-28/h8-9,13-14H,4-7,10-12,15-19H2,1-3H3,(H,26,31). The van der Waals surface area contributed by atoms with Gasteiger partial charge in [0.2, 0.25) is 11.8 Å². The molecule has 2 amide bonds. The molecule has 0 atom stereocenters. The minimum absolute atomic E-state index is 0.0984. The molecule has 1 aromatic carbocycles. The Hall–Kier alpha value is -2.37. The maximum atomic E-state index is 13.0. The fourth-order valence-corrected chi connectivity index (χ4v) is 4.10. The molecule has 0 radical (unpaired) electrons. The van der Waals surface area contributed by atoms with E-state index in [0.29, 0.717) is 13.1 Å². The predicted molar refractivity (Wildman–Crippen MR) is 125 cm³/mol. The van der Waals surface area contributed by atoms with Gasteiger partial charge in [-0.15, -0.1) is 0 Å². The molecule has 1 aliphatic heterocycles. The second kappa shape index (κ2) is 10.8. The number of hydrogen-bond donors (Lipinski definition) is 1. The van der Waals surface area contributed by atoms with E-state index in [1.807, 2.05) is 43.9 Å². The van der Waals surface area contributed by atoms with Gasteiger partial charge in [-0.3, -0.25) is 9.59 Å². The molecule has 0 saturated carbocycles. The van der Waals surface area contributed by atoms with E-state index in [-0.39, 0.29) is 17.2 Å². The van der Waals surface area contributed by atoms with Crippen molar-refractivity contribution in [3.05, 3.63) is 30.1 Å². The average Bonchev–Trinajstić information content (AvgIpc) is 2.90. The van der Waals surface area contributed by atoms with E-state index in [1.54, 1.807) is 0 Å². The highest BCUT2D eigenvalue weighted by Gasteiger charge is 2.21. The molecule has 1 fully saturated rings. The number of carbonyl (C=O) groups is 2. The monoisotopic (exact) mass is 426 g/mol. The number of likely N-dealkylation sites (tertiary alicyclic amines) is 1. The van der Waals surface area contributed by atoms with Crippen molar-refractivity contribution in [2.24, 2.45) is 5.41 Å². The number of nitrogens with zero attached hydrogens (tertiary/aromatic N) is 3. The molecular weight excluding hydrogens is 388 g/mol. The molecule has 31 heavy (non-hydrogen) atoms. The summed E-state index contributed by atoms with van der Waals surface area (Å²) >= 11 is 0. The Morgan fingerprint density at radius 2 is 1.71 bits per heavy atom. The van der Waals surface area contributed by atoms with Gasteiger partial charge in [0.05, 0.1) is 11.0 Å². The molecule has 0 unspecified atom stereocenters. The van der Waals surface area contributed by atoms with Crippen LogP contribution in [0.5, 0.6) is 0 Å². The second-order valence-electron chi connectivity index (χ2n) is 9.71. The Kier molecular flexibility index (Phi) is 8.10. The Labute approximate surface area is 186 Å². The summed E-state index contributed by atoms with van der Waals surface area (Å²) in [6.45, 7) is 8.62. The molecule has 1 aromatic heterocycles. The van der Waals surface area contributed by atoms with Crippen LogP contribution in [0.2, 0.25) is 0 Å². The first-order valence-electron chi connectivity index (χ1n) is 11.9. The van der Waals surface area contributed by atoms with E-state index in [9.17, 15) is 9.59 Å². The number of benzene rings is 1. The van der Waals surface area contributed by atoms with Crippen LogP contribution in [-0.2, 0) is 22.6 Å². The highest BCUT2D eigenvalue weighted by molar-refractivity contribution is 5.81. The zero-order valence-corrected chi connectivity index (χ0v) is 19.5. The first-order chi connectivity index (χ1) is 14.9. The van der Waals surface area contributed by atoms with Crippen LogP contribution in [-0.4, -0.2) is 45.9 Å². The number of carbonyl (C=O) groups excluding carboxylic acids is 2. The number of aromatic nitrogens is 2. The van der Waals surface area contributed by atoms with Gasteiger partial charge < -0.3 is 14.8 Å². The fraction of sp³-hybridized carbons (Fsp3) is 0.640. The Balaban J connectivity index is 1.57. The number of nitrogens with one attached hydrogen (secondary N) is 1. The second-order valence-corrected chi connectivity index (χ2v) is 9.71. The van der Waals surface area contributed by atoms with Gasteiger partial charge in [-0.2, -0.15) is 0 Å². The van der Waals surface area contributed by atoms with E-state index in [1.165, 1.54) is 12.8 Å². The summed E-state index contributed by atoms with van der Waals surface area (Å²) in [5, 5.41) is 3.01. The molecule has 2 aromatic rings. The molecule has 1 aliphatic rings. The minimum Gasteiger partial charge on any atom is -0.356 e. The third kappa shape index (κ3) is 6.55. The largest absolute Gasteiger partial charge is 0.356 e. The fourth-order valence-electron chi connectivity index (χ4n) is 4.10. The Bertz CT molecular complexity index is 873. The highest BCUT2D eigenvalue weighted by Crippen LogP contribution is 2.19. The quantitative estimate of drug-likeness (QED) is 0.640. The lowest BCUT2D eigenvalue weighted by Crippen LogP contribution is -2.35. The first kappa shape index (κ1) is 23.3. The van der Waals surface area contributed by atoms with Crippen LogP contribution in [0.1, 0.15) is 71.5 Å². The third-order valence-electron chi connectivity index (χ3n) is 6.03. The number of amides is 2. The summed E-state index contributed by atoms with van der Waals surface area (Å²) in [7, 11) is 0. The van der Waals surface area contributed by atoms with Crippen LogP contribution in [0.15, 0.2) is 24.3 Å². The Morgan fingerprint density at radius 3 is 2.42 bits per heavy atom. The molecule has 6 heteroatoms. The summed E-state index contributed by atoms with van der Waals surface area (Å²) < 4.78 is 2.12. The molecule has 6 nitrogen and oxygen atoms in total. The van der Waals surface area contributed by atoms with Crippen molar-refractivity contribution in [3.63, 3.8) is 0 Å². The molecule has 0 bridgehead atoms. The zero-order chi connectivity index (χ0) is 22.3. The molecule has 1 N–H and O–H groups in total. The van der Waals surface area contributed by atoms with Crippen molar-refractivity contribution in [2.45, 2.75) is 78.7 Å². The van der Waals surface area contributed by atoms with Gasteiger partial charge in [-0.25, -0.2) is 4.98 Å². The van der Waals surface area contributed by atoms with Gasteiger partial charge in [-0.05, 0) is 37.8 Å². The maximum absolute atomic E-state index is 13.0. The number of aryl methyl sites for hydroxylation is 1. The van der Waals surface area contributed by atoms with Crippen LogP contribution < -0.4 is 5.32 Å². The van der Waals surface area contributed by atoms with Crippen molar-refractivity contribution in [1.82, 2.24) is 19.8 Å². The number of imidazole rings is 1. The predicted octanol–water partition coefficient (Wildman–Crippen LogP) is 4.31. The third-order valence-corrected chi connectivity index (χ3v) is 6.03. The maximum Gasteiger partial charge on any atom is 0.242 e. The summed E-state index contributed by atoms with van der Waals surface area (Å²) in [6.07, 6.45) is 8.47. The van der Waals surface area contributed by atoms with E-state index in [0.717, 1.165) is 68.5 Å². The number of para-hydroxylation sites is 2. The number of hydrogen-bond acceptors (Lipinski definition) is 3. The van der Waals surface area contributed by atoms with Crippen LogP contribution in [0.4, 0.5) is 0 Å². The summed E-state index contributed by atoms with van der Waals surface area (Å²) in [6, 6.07) is 8.09. The van der Waals surface area contributed by atoms with Crippen LogP contribution in [0, 0.1) is 5.41 Å². The Morgan fingerprint density at radius 1 is 1.00 bits per heavy atom. The van der Waals surface area contributed by atoms with Crippen LogP contribution >= 0.6 is 0 Å². The average molecular weight is 427 g/mol. The van der Waals surface area contributed by atoms with E-state index in [2.05, 4.69) is 16.0 Å². The summed E-state index contributed by atoms with van der Waals surface area (Å²) in [5.74, 6) is 1.29. The lowest BCUT2D eigenvalue weighted by Gasteiger charge is -2.21. The molecule has 3 rings (SSSR count). The normalized spacial score (nSPS) is 15.1. The van der Waals surface area contributed by atoms with Crippen molar-refractivity contribution in [3.8, 4) is 0 Å². The van der Waals surface area contributed by atoms with Gasteiger partial charge in [0.15, 0.2) is 0 Å². The molecule has 1 saturated heterocycles.